The molecule has 6 amide bonds. The highest BCUT2D eigenvalue weighted by molar-refractivity contribution is 7.93. The summed E-state index contributed by atoms with van der Waals surface area (Å²) in [6.45, 7) is 29.9. The standard InChI is InChI=1S/C27H33N5O4.C22H23N3O2.2C19H25N3O3S.C18H23N3O3S/c1-18(2)15-22(28-27(34)24-8-7-20(35-24)10-14-33)26-30-29-25-9-11-31(12-13-32(25)26)17-21-16-19-5-3-4-6-23(19)36-21;1-16-5-4-6-17(13-16)15-25-12-11-24(10-9-21(25)26)22(27)20-14-18-7-2-3-8-19(18)23-20;2*1-13-9-5-6-10-16(13)20-26(24,25)18-15(3)21(4)14(2)17(18)19(23)22-11-7-8-12-22;1-13-16(18(22)21-11-7-8-12-21)17(14(2)20(13)3)25(23,24)19-15-9-5-4-6-10-15/h3-8,16,18,22,33H,9-15,17H2,1-2H3,(H,28,34);2-8,13-14,23H,9-12,15H2,1H3;2*5-6,9-10,20H,7-8,11-12H2,1-4H3;4-6,9-10,19H,7-8,11-12H2,1-3H3. The molecule has 1 atom stereocenters. The molecule has 0 aliphatic carbocycles. The summed E-state index contributed by atoms with van der Waals surface area (Å²) in [7, 11) is -6.29. The number of nitrogens with one attached hydrogen (secondary N) is 5. The molecule has 1 unspecified atom stereocenters. The summed E-state index contributed by atoms with van der Waals surface area (Å²) in [4.78, 5) is 92.1. The number of likely N-dealkylation sites (tertiary alicyclic amines) is 3. The number of aromatic amines is 1. The SMILES string of the molecule is CC(C)CC(NC(=O)c1ccc(CCO)o1)c1nnc2n1CCN(Cc1cc3ccccc3o1)CC2.Cc1c(C(=O)N2CCCC2)c(S(=O)(=O)Nc2ccccc2)c(C)n1C.Cc1cccc(CN2CCN(C(=O)c3cc4ccccc4[nH]3)CCC2=O)c1.Cc1ccccc1NS(=O)(=O)c1c(C(=O)N2CCCC2)c(C)n(C)c1C.Cc1ccccc1NS(=O)(=O)c1c(C(=O)N2CCCC2)c(C)n(C)c1C. The highest BCUT2D eigenvalue weighted by Crippen LogP contribution is 2.37. The summed E-state index contributed by atoms with van der Waals surface area (Å²) >= 11 is 0. The quantitative estimate of drug-likeness (QED) is 0.0327. The van der Waals surface area contributed by atoms with Crippen LogP contribution in [0, 0.1) is 68.2 Å². The Kier molecular flexibility index (Phi) is 32.8. The number of H-pyrrole nitrogens is 1. The fourth-order valence-electron chi connectivity index (χ4n) is 18.6. The van der Waals surface area contributed by atoms with E-state index in [2.05, 4.69) is 89.2 Å². The van der Waals surface area contributed by atoms with Crippen molar-refractivity contribution in [1.82, 2.24) is 68.2 Å². The number of aliphatic hydroxyl groups excluding tert-OH is 1. The Balaban J connectivity index is 0.000000140. The van der Waals surface area contributed by atoms with Gasteiger partial charge in [0.2, 0.25) is 5.91 Å². The molecule has 4 fully saturated rings. The molecule has 13 aromatic rings. The number of sulfonamides is 3. The van der Waals surface area contributed by atoms with Crippen LogP contribution >= 0.6 is 0 Å². The van der Waals surface area contributed by atoms with Crippen LogP contribution in [-0.2, 0) is 88.5 Å². The molecule has 140 heavy (non-hydrogen) atoms. The summed E-state index contributed by atoms with van der Waals surface area (Å²) < 4.78 is 106. The Hall–Kier alpha value is -13.4. The maximum absolute atomic E-state index is 13.2. The lowest BCUT2D eigenvalue weighted by atomic mass is 10.0. The molecule has 5 aliphatic rings. The summed E-state index contributed by atoms with van der Waals surface area (Å²) in [5, 5.41) is 23.4. The summed E-state index contributed by atoms with van der Waals surface area (Å²) in [6.07, 6.45) is 8.00. The summed E-state index contributed by atoms with van der Waals surface area (Å²) in [6, 6.07) is 54.3. The van der Waals surface area contributed by atoms with E-state index in [0.717, 1.165) is 134 Å². The molecule has 4 saturated heterocycles. The Labute approximate surface area is 819 Å². The lowest BCUT2D eigenvalue weighted by Gasteiger charge is -2.22. The average molecular weight is 1970 g/mol. The molecule has 0 spiro atoms. The van der Waals surface area contributed by atoms with Gasteiger partial charge in [0.15, 0.2) is 11.6 Å². The van der Waals surface area contributed by atoms with Gasteiger partial charge in [-0.25, -0.2) is 25.3 Å². The number of furan rings is 2. The third kappa shape index (κ3) is 23.7. The van der Waals surface area contributed by atoms with Crippen molar-refractivity contribution in [3.05, 3.63) is 284 Å². The van der Waals surface area contributed by atoms with Crippen molar-refractivity contribution < 1.29 is 68.0 Å². The van der Waals surface area contributed by atoms with Crippen LogP contribution in [-0.4, -0.2) is 207 Å². The molecular formula is C105H129N17O15S3. The highest BCUT2D eigenvalue weighted by atomic mass is 32.2. The van der Waals surface area contributed by atoms with Crippen LogP contribution in [0.15, 0.2) is 199 Å². The highest BCUT2D eigenvalue weighted by Gasteiger charge is 2.39. The molecule has 5 aliphatic heterocycles. The zero-order valence-electron chi connectivity index (χ0n) is 82.3. The second-order valence-electron chi connectivity index (χ2n) is 37.0. The van der Waals surface area contributed by atoms with Crippen LogP contribution in [0.2, 0.25) is 0 Å². The zero-order valence-corrected chi connectivity index (χ0v) is 84.8. The number of benzene rings is 6. The number of rotatable bonds is 24. The zero-order chi connectivity index (χ0) is 100. The van der Waals surface area contributed by atoms with Gasteiger partial charge in [-0.05, 0) is 191 Å². The first-order valence-electron chi connectivity index (χ1n) is 47.8. The first-order chi connectivity index (χ1) is 66.9. The van der Waals surface area contributed by atoms with Gasteiger partial charge in [-0.2, -0.15) is 0 Å². The lowest BCUT2D eigenvalue weighted by Crippen LogP contribution is -2.35. The van der Waals surface area contributed by atoms with Crippen LogP contribution < -0.4 is 19.5 Å². The third-order valence-electron chi connectivity index (χ3n) is 26.9. The number of nitrogens with zero attached hydrogens (tertiary/aromatic N) is 12. The number of carbonyl (C=O) groups excluding carboxylic acids is 6. The van der Waals surface area contributed by atoms with E-state index in [1.54, 1.807) is 157 Å². The number of aryl methyl sites for hydroxylation is 3. The number of hydrogen-bond donors (Lipinski definition) is 6. The van der Waals surface area contributed by atoms with E-state index >= 15 is 0 Å². The van der Waals surface area contributed by atoms with Crippen LogP contribution in [0.4, 0.5) is 17.1 Å². The second kappa shape index (κ2) is 44.8. The normalized spacial score (nSPS) is 14.9. The number of fused-ring (bicyclic) bond motifs is 3. The third-order valence-corrected chi connectivity index (χ3v) is 31.5. The number of carbonyl (C=O) groups is 6. The molecule has 0 saturated carbocycles. The minimum absolute atomic E-state index is 0.0240. The smallest absolute Gasteiger partial charge is 0.287 e. The van der Waals surface area contributed by atoms with Gasteiger partial charge in [0.25, 0.3) is 59.6 Å². The number of hydrogen-bond acceptors (Lipinski definition) is 18. The van der Waals surface area contributed by atoms with Gasteiger partial charge in [-0.3, -0.25) is 47.8 Å². The van der Waals surface area contributed by atoms with Crippen molar-refractivity contribution >= 4 is 104 Å². The fraction of sp³-hybridized carbons (Fsp3) is 0.390. The molecule has 18 rings (SSSR count). The minimum Gasteiger partial charge on any atom is -0.460 e. The second-order valence-corrected chi connectivity index (χ2v) is 41.9. The largest absolute Gasteiger partial charge is 0.460 e. The van der Waals surface area contributed by atoms with Crippen molar-refractivity contribution in [3.63, 3.8) is 0 Å². The van der Waals surface area contributed by atoms with Crippen molar-refractivity contribution in [3.8, 4) is 0 Å². The molecular weight excluding hydrogens is 1840 g/mol. The van der Waals surface area contributed by atoms with Crippen LogP contribution in [0.5, 0.6) is 0 Å². The number of anilines is 3. The number of aliphatic hydroxyl groups is 1. The van der Waals surface area contributed by atoms with Gasteiger partial charge < -0.3 is 67.0 Å². The van der Waals surface area contributed by atoms with Gasteiger partial charge in [-0.1, -0.05) is 135 Å². The topological polar surface area (TPSA) is 380 Å². The average Bonchev–Trinajstić information content (AvgIpc) is 1.60. The summed E-state index contributed by atoms with van der Waals surface area (Å²) in [5.41, 5.74) is 12.5. The first kappa shape index (κ1) is 103. The molecule has 35 heteroatoms. The van der Waals surface area contributed by atoms with Crippen LogP contribution in [0.1, 0.15) is 203 Å². The van der Waals surface area contributed by atoms with E-state index in [0.29, 0.717) is 147 Å². The molecule has 6 aromatic carbocycles. The molecule has 6 N–H and O–H groups in total. The van der Waals surface area contributed by atoms with E-state index in [1.165, 1.54) is 5.56 Å². The molecule has 7 aromatic heterocycles. The Morgan fingerprint density at radius 2 is 0.957 bits per heavy atom. The van der Waals surface area contributed by atoms with E-state index in [9.17, 15) is 54.0 Å². The molecule has 0 bridgehead atoms. The molecule has 12 heterocycles. The fourth-order valence-corrected chi connectivity index (χ4v) is 23.5. The Morgan fingerprint density at radius 3 is 1.47 bits per heavy atom. The van der Waals surface area contributed by atoms with E-state index in [4.69, 9.17) is 13.9 Å². The number of aromatic nitrogens is 7. The predicted octanol–water partition coefficient (Wildman–Crippen LogP) is 15.7. The van der Waals surface area contributed by atoms with E-state index in [-0.39, 0.29) is 85.2 Å². The molecule has 0 radical (unpaired) electrons. The predicted molar refractivity (Wildman–Crippen MR) is 541 cm³/mol. The van der Waals surface area contributed by atoms with Crippen LogP contribution in [0.3, 0.4) is 0 Å². The van der Waals surface area contributed by atoms with Crippen molar-refractivity contribution in [2.75, 3.05) is 92.8 Å². The van der Waals surface area contributed by atoms with E-state index < -0.39 is 30.1 Å². The van der Waals surface area contributed by atoms with Crippen molar-refractivity contribution in [1.29, 1.82) is 0 Å². The van der Waals surface area contributed by atoms with Crippen molar-refractivity contribution in [2.45, 2.75) is 181 Å². The van der Waals surface area contributed by atoms with Crippen LogP contribution in [0.25, 0.3) is 21.9 Å². The van der Waals surface area contributed by atoms with Gasteiger partial charge in [-0.15, -0.1) is 10.2 Å². The van der Waals surface area contributed by atoms with Crippen molar-refractivity contribution in [2.24, 2.45) is 27.1 Å². The molecule has 742 valence electrons. The lowest BCUT2D eigenvalue weighted by molar-refractivity contribution is -0.131. The maximum atomic E-state index is 13.2. The number of amides is 6. The van der Waals surface area contributed by atoms with Gasteiger partial charge in [0, 0.05) is 182 Å². The Morgan fingerprint density at radius 1 is 0.457 bits per heavy atom. The maximum Gasteiger partial charge on any atom is 0.287 e. The Bertz CT molecular complexity index is 6820. The van der Waals surface area contributed by atoms with Gasteiger partial charge in [0.1, 0.15) is 43.3 Å². The van der Waals surface area contributed by atoms with E-state index in [1.807, 2.05) is 110 Å². The monoisotopic (exact) mass is 1960 g/mol. The minimum atomic E-state index is -3.89. The summed E-state index contributed by atoms with van der Waals surface area (Å²) in [5.74, 6) is 3.00. The van der Waals surface area contributed by atoms with Gasteiger partial charge >= 0.3 is 0 Å². The van der Waals surface area contributed by atoms with Gasteiger partial charge in [0.05, 0.1) is 47.3 Å². The molecule has 32 nitrogen and oxygen atoms in total. The number of para-hydroxylation sites is 5. The first-order valence-corrected chi connectivity index (χ1v) is 52.3.